The van der Waals surface area contributed by atoms with Gasteiger partial charge in [-0.05, 0) is 38.6 Å². The second-order valence-electron chi connectivity index (χ2n) is 5.08. The smallest absolute Gasteiger partial charge is 0.372 e. The number of alkyl halides is 3. The Hall–Kier alpha value is -0.330. The van der Waals surface area contributed by atoms with Crippen LogP contribution in [0.4, 0.5) is 13.2 Å². The van der Waals surface area contributed by atoms with Crippen LogP contribution in [-0.4, -0.2) is 50.0 Å². The van der Waals surface area contributed by atoms with E-state index in [1.54, 1.807) is 0 Å². The van der Waals surface area contributed by atoms with Gasteiger partial charge >= 0.3 is 6.18 Å². The number of piperidine rings is 1. The highest BCUT2D eigenvalue weighted by atomic mass is 19.4. The van der Waals surface area contributed by atoms with Crippen molar-refractivity contribution in [2.24, 2.45) is 11.7 Å². The van der Waals surface area contributed by atoms with Gasteiger partial charge in [0.25, 0.3) is 0 Å². The fraction of sp³-hybridized carbons (Fsp3) is 1.00. The molecule has 0 radical (unpaired) electrons. The molecule has 1 fully saturated rings. The lowest BCUT2D eigenvalue weighted by Gasteiger charge is -2.34. The van der Waals surface area contributed by atoms with Crippen LogP contribution in [0.2, 0.25) is 0 Å². The summed E-state index contributed by atoms with van der Waals surface area (Å²) in [5, 5.41) is 0. The van der Waals surface area contributed by atoms with Crippen LogP contribution < -0.4 is 5.73 Å². The Morgan fingerprint density at radius 3 is 2.78 bits per heavy atom. The predicted octanol–water partition coefficient (Wildman–Crippen LogP) is 2.01. The lowest BCUT2D eigenvalue weighted by Crippen LogP contribution is -2.42. The maximum absolute atomic E-state index is 11.8. The van der Waals surface area contributed by atoms with Crippen LogP contribution in [0.25, 0.3) is 0 Å². The number of rotatable bonds is 6. The first kappa shape index (κ1) is 15.7. The monoisotopic (exact) mass is 268 g/mol. The number of nitrogens with two attached hydrogens (primary N) is 1. The molecule has 1 rings (SSSR count). The van der Waals surface area contributed by atoms with Gasteiger partial charge in [0.1, 0.15) is 6.61 Å². The average molecular weight is 268 g/mol. The second kappa shape index (κ2) is 7.31. The third-order valence-corrected chi connectivity index (χ3v) is 3.31. The highest BCUT2D eigenvalue weighted by molar-refractivity contribution is 4.78. The third-order valence-electron chi connectivity index (χ3n) is 3.31. The first-order valence-corrected chi connectivity index (χ1v) is 6.51. The molecule has 0 aromatic rings. The number of nitrogens with zero attached hydrogens (tertiary/aromatic N) is 1. The number of ether oxygens (including phenoxy) is 1. The van der Waals surface area contributed by atoms with E-state index in [9.17, 15) is 13.2 Å². The van der Waals surface area contributed by atoms with Gasteiger partial charge in [-0.2, -0.15) is 13.2 Å². The quantitative estimate of drug-likeness (QED) is 0.749. The molecule has 2 atom stereocenters. The zero-order valence-corrected chi connectivity index (χ0v) is 10.9. The minimum absolute atomic E-state index is 0.166. The second-order valence-corrected chi connectivity index (χ2v) is 5.08. The molecule has 1 aliphatic rings. The van der Waals surface area contributed by atoms with E-state index in [1.165, 1.54) is 0 Å². The molecule has 1 heterocycles. The molecule has 2 N–H and O–H groups in total. The maximum Gasteiger partial charge on any atom is 0.411 e. The highest BCUT2D eigenvalue weighted by Crippen LogP contribution is 2.19. The van der Waals surface area contributed by atoms with Crippen molar-refractivity contribution in [1.29, 1.82) is 0 Å². The normalized spacial score (nSPS) is 24.2. The predicted molar refractivity (Wildman–Crippen MR) is 64.3 cm³/mol. The fourth-order valence-corrected chi connectivity index (χ4v) is 2.30. The Morgan fingerprint density at radius 2 is 2.17 bits per heavy atom. The molecular weight excluding hydrogens is 245 g/mol. The Morgan fingerprint density at radius 1 is 1.44 bits per heavy atom. The van der Waals surface area contributed by atoms with Gasteiger partial charge in [-0.1, -0.05) is 0 Å². The molecule has 3 nitrogen and oxygen atoms in total. The number of halogens is 3. The van der Waals surface area contributed by atoms with Gasteiger partial charge in [-0.25, -0.2) is 0 Å². The van der Waals surface area contributed by atoms with Gasteiger partial charge < -0.3 is 15.4 Å². The maximum atomic E-state index is 11.8. The SMILES string of the molecule is CC(N)C1CCCN(CCCOCC(F)(F)F)C1. The van der Waals surface area contributed by atoms with E-state index in [1.807, 2.05) is 6.92 Å². The van der Waals surface area contributed by atoms with E-state index in [4.69, 9.17) is 5.73 Å². The van der Waals surface area contributed by atoms with Crippen molar-refractivity contribution in [2.45, 2.75) is 38.4 Å². The van der Waals surface area contributed by atoms with Gasteiger partial charge in [0.05, 0.1) is 0 Å². The van der Waals surface area contributed by atoms with Gasteiger partial charge in [0.2, 0.25) is 0 Å². The van der Waals surface area contributed by atoms with E-state index in [0.717, 1.165) is 32.5 Å². The van der Waals surface area contributed by atoms with E-state index < -0.39 is 12.8 Å². The number of likely N-dealkylation sites (tertiary alicyclic amines) is 1. The van der Waals surface area contributed by atoms with Crippen molar-refractivity contribution in [3.63, 3.8) is 0 Å². The van der Waals surface area contributed by atoms with E-state index in [0.29, 0.717) is 12.3 Å². The van der Waals surface area contributed by atoms with Crippen molar-refractivity contribution in [3.05, 3.63) is 0 Å². The molecule has 0 aliphatic carbocycles. The van der Waals surface area contributed by atoms with Crippen LogP contribution >= 0.6 is 0 Å². The van der Waals surface area contributed by atoms with Crippen LogP contribution in [0.5, 0.6) is 0 Å². The zero-order valence-electron chi connectivity index (χ0n) is 10.9. The van der Waals surface area contributed by atoms with Crippen LogP contribution in [0.15, 0.2) is 0 Å². The molecule has 6 heteroatoms. The third kappa shape index (κ3) is 6.56. The minimum atomic E-state index is -4.22. The van der Waals surface area contributed by atoms with Gasteiger partial charge in [0.15, 0.2) is 0 Å². The molecule has 0 amide bonds. The lowest BCUT2D eigenvalue weighted by molar-refractivity contribution is -0.174. The fourth-order valence-electron chi connectivity index (χ4n) is 2.30. The molecule has 1 aliphatic heterocycles. The lowest BCUT2D eigenvalue weighted by atomic mass is 9.92. The van der Waals surface area contributed by atoms with E-state index in [-0.39, 0.29) is 12.6 Å². The van der Waals surface area contributed by atoms with Crippen molar-refractivity contribution in [3.8, 4) is 0 Å². The summed E-state index contributed by atoms with van der Waals surface area (Å²) in [6, 6.07) is 0.189. The topological polar surface area (TPSA) is 38.5 Å². The van der Waals surface area contributed by atoms with E-state index >= 15 is 0 Å². The summed E-state index contributed by atoms with van der Waals surface area (Å²) >= 11 is 0. The summed E-state index contributed by atoms with van der Waals surface area (Å²) in [4.78, 5) is 2.27. The minimum Gasteiger partial charge on any atom is -0.372 e. The van der Waals surface area contributed by atoms with Crippen LogP contribution in [0.3, 0.4) is 0 Å². The standard InChI is InChI=1S/C12H23F3N2O/c1-10(16)11-4-2-5-17(8-11)6-3-7-18-9-12(13,14)15/h10-11H,2-9,16H2,1H3. The largest absolute Gasteiger partial charge is 0.411 e. The summed E-state index contributed by atoms with van der Waals surface area (Å²) in [6.45, 7) is 3.80. The van der Waals surface area contributed by atoms with Crippen LogP contribution in [-0.2, 0) is 4.74 Å². The van der Waals surface area contributed by atoms with Crippen molar-refractivity contribution in [1.82, 2.24) is 4.90 Å². The zero-order chi connectivity index (χ0) is 13.6. The molecule has 108 valence electrons. The van der Waals surface area contributed by atoms with Crippen molar-refractivity contribution in [2.75, 3.05) is 32.8 Å². The molecule has 18 heavy (non-hydrogen) atoms. The van der Waals surface area contributed by atoms with Gasteiger partial charge in [-0.15, -0.1) is 0 Å². The van der Waals surface area contributed by atoms with Crippen molar-refractivity contribution < 1.29 is 17.9 Å². The first-order valence-electron chi connectivity index (χ1n) is 6.51. The molecular formula is C12H23F3N2O. The van der Waals surface area contributed by atoms with Gasteiger partial charge in [0, 0.05) is 25.7 Å². The number of hydrogen-bond donors (Lipinski definition) is 1. The summed E-state index contributed by atoms with van der Waals surface area (Å²) in [5.41, 5.74) is 5.88. The summed E-state index contributed by atoms with van der Waals surface area (Å²) in [5.74, 6) is 0.509. The molecule has 0 aromatic heterocycles. The summed E-state index contributed by atoms with van der Waals surface area (Å²) in [7, 11) is 0. The molecule has 0 aromatic carbocycles. The molecule has 0 saturated carbocycles. The average Bonchev–Trinajstić information content (AvgIpc) is 2.27. The van der Waals surface area contributed by atoms with Crippen LogP contribution in [0.1, 0.15) is 26.2 Å². The molecule has 0 bridgehead atoms. The Kier molecular flexibility index (Phi) is 6.38. The molecule has 0 spiro atoms. The molecule has 2 unspecified atom stereocenters. The summed E-state index contributed by atoms with van der Waals surface area (Å²) in [6.07, 6.45) is -1.30. The summed E-state index contributed by atoms with van der Waals surface area (Å²) < 4.78 is 40.1. The van der Waals surface area contributed by atoms with Crippen LogP contribution in [0, 0.1) is 5.92 Å². The van der Waals surface area contributed by atoms with E-state index in [2.05, 4.69) is 9.64 Å². The molecule has 1 saturated heterocycles. The Labute approximate surface area is 106 Å². The van der Waals surface area contributed by atoms with Gasteiger partial charge in [-0.3, -0.25) is 0 Å². The van der Waals surface area contributed by atoms with Crippen molar-refractivity contribution >= 4 is 0 Å². The Balaban J connectivity index is 2.08. The Bertz CT molecular complexity index is 234. The number of hydrogen-bond acceptors (Lipinski definition) is 3. The first-order chi connectivity index (χ1) is 8.38. The highest BCUT2D eigenvalue weighted by Gasteiger charge is 2.27.